The van der Waals surface area contributed by atoms with Crippen LogP contribution >= 0.6 is 11.3 Å². The number of carbonyl (C=O) groups excluding carboxylic acids is 2. The van der Waals surface area contributed by atoms with Crippen molar-refractivity contribution < 1.29 is 18.7 Å². The van der Waals surface area contributed by atoms with Gasteiger partial charge in [-0.1, -0.05) is 6.92 Å². The monoisotopic (exact) mass is 497 g/mol. The van der Waals surface area contributed by atoms with Crippen molar-refractivity contribution in [2.24, 2.45) is 11.8 Å². The van der Waals surface area contributed by atoms with Gasteiger partial charge in [0.05, 0.1) is 11.3 Å². The molecule has 1 aliphatic heterocycles. The predicted molar refractivity (Wildman–Crippen MR) is 131 cm³/mol. The van der Waals surface area contributed by atoms with Crippen LogP contribution in [0.3, 0.4) is 0 Å². The number of fused-ring (bicyclic) bond motifs is 3. The van der Waals surface area contributed by atoms with Gasteiger partial charge in [0, 0.05) is 23.5 Å². The maximum absolute atomic E-state index is 13.2. The molecule has 35 heavy (non-hydrogen) atoms. The second kappa shape index (κ2) is 9.53. The van der Waals surface area contributed by atoms with Gasteiger partial charge < -0.3 is 14.6 Å². The van der Waals surface area contributed by atoms with Crippen LogP contribution in [0.5, 0.6) is 0 Å². The van der Waals surface area contributed by atoms with Crippen molar-refractivity contribution in [3.8, 4) is 0 Å². The quantitative estimate of drug-likeness (QED) is 0.539. The van der Waals surface area contributed by atoms with Crippen molar-refractivity contribution in [3.05, 3.63) is 62.3 Å². The van der Waals surface area contributed by atoms with Crippen molar-refractivity contribution in [1.82, 2.24) is 14.9 Å². The molecular formula is C26H28FN3O4S. The van der Waals surface area contributed by atoms with E-state index in [1.165, 1.54) is 29.1 Å². The first kappa shape index (κ1) is 23.7. The molecule has 2 aromatic heterocycles. The Balaban J connectivity index is 1.28. The van der Waals surface area contributed by atoms with E-state index in [9.17, 15) is 18.8 Å². The summed E-state index contributed by atoms with van der Waals surface area (Å²) < 4.78 is 18.9. The normalized spacial score (nSPS) is 20.9. The molecule has 1 aliphatic carbocycles. The Morgan fingerprint density at radius 3 is 2.80 bits per heavy atom. The zero-order chi connectivity index (χ0) is 24.7. The largest absolute Gasteiger partial charge is 0.454 e. The summed E-state index contributed by atoms with van der Waals surface area (Å²) in [7, 11) is 0. The van der Waals surface area contributed by atoms with Gasteiger partial charge >= 0.3 is 5.97 Å². The molecule has 1 aromatic carbocycles. The molecule has 1 saturated heterocycles. The number of nitrogens with one attached hydrogen (secondary N) is 1. The fraction of sp³-hybridized carbons (Fsp3) is 0.462. The van der Waals surface area contributed by atoms with E-state index < -0.39 is 23.8 Å². The van der Waals surface area contributed by atoms with E-state index in [2.05, 4.69) is 16.9 Å². The minimum atomic E-state index is -0.721. The second-order valence-electron chi connectivity index (χ2n) is 9.66. The zero-order valence-electron chi connectivity index (χ0n) is 19.8. The Hall–Kier alpha value is -3.07. The third kappa shape index (κ3) is 4.74. The molecule has 3 heterocycles. The SMILES string of the molecule is CC1CCc2c(sc3nc(C(C)OC(=O)C4CCCN(C(=O)c5ccc(F)cc5)C4)[nH]c(=O)c23)C1. The van der Waals surface area contributed by atoms with E-state index in [1.807, 2.05) is 0 Å². The summed E-state index contributed by atoms with van der Waals surface area (Å²) in [4.78, 5) is 49.6. The number of carbonyl (C=O) groups is 2. The lowest BCUT2D eigenvalue weighted by Gasteiger charge is -2.32. The van der Waals surface area contributed by atoms with Crippen LogP contribution in [-0.2, 0) is 22.4 Å². The average Bonchev–Trinajstić information content (AvgIpc) is 3.22. The van der Waals surface area contributed by atoms with Crippen LogP contribution in [0.25, 0.3) is 10.2 Å². The van der Waals surface area contributed by atoms with Crippen LogP contribution in [0.1, 0.15) is 65.8 Å². The number of rotatable bonds is 4. The minimum absolute atomic E-state index is 0.186. The first-order valence-electron chi connectivity index (χ1n) is 12.1. The molecular weight excluding hydrogens is 469 g/mol. The molecule has 1 fully saturated rings. The molecule has 0 radical (unpaired) electrons. The van der Waals surface area contributed by atoms with Crippen molar-refractivity contribution >= 4 is 33.4 Å². The lowest BCUT2D eigenvalue weighted by Crippen LogP contribution is -2.43. The molecule has 7 nitrogen and oxygen atoms in total. The standard InChI is InChI=1S/C26H28FN3O4S/c1-14-5-10-19-20(12-14)35-24-21(19)23(31)28-22(29-24)15(2)34-26(33)17-4-3-11-30(13-17)25(32)16-6-8-18(27)9-7-16/h6-9,14-15,17H,3-5,10-13H2,1-2H3,(H,28,29,31). The van der Waals surface area contributed by atoms with Crippen LogP contribution in [0.4, 0.5) is 4.39 Å². The molecule has 2 aliphatic rings. The Kier molecular flexibility index (Phi) is 6.44. The lowest BCUT2D eigenvalue weighted by atomic mass is 9.89. The Morgan fingerprint density at radius 1 is 1.26 bits per heavy atom. The highest BCUT2D eigenvalue weighted by atomic mass is 32.1. The number of nitrogens with zero attached hydrogens (tertiary/aromatic N) is 2. The molecule has 9 heteroatoms. The number of benzene rings is 1. The number of halogens is 1. The van der Waals surface area contributed by atoms with Gasteiger partial charge in [-0.05, 0) is 74.8 Å². The zero-order valence-corrected chi connectivity index (χ0v) is 20.6. The van der Waals surface area contributed by atoms with Gasteiger partial charge in [-0.3, -0.25) is 14.4 Å². The molecule has 0 saturated carbocycles. The van der Waals surface area contributed by atoms with Crippen molar-refractivity contribution in [3.63, 3.8) is 0 Å². The van der Waals surface area contributed by atoms with Crippen LogP contribution in [0.2, 0.25) is 0 Å². The number of ether oxygens (including phenoxy) is 1. The molecule has 0 spiro atoms. The van der Waals surface area contributed by atoms with E-state index in [1.54, 1.807) is 23.2 Å². The lowest BCUT2D eigenvalue weighted by molar-refractivity contribution is -0.155. The number of piperidine rings is 1. The number of hydrogen-bond acceptors (Lipinski definition) is 6. The third-order valence-corrected chi connectivity index (χ3v) is 8.14. The summed E-state index contributed by atoms with van der Waals surface area (Å²) in [5.74, 6) is -0.602. The van der Waals surface area contributed by atoms with Crippen LogP contribution in [0.15, 0.2) is 29.1 Å². The summed E-state index contributed by atoms with van der Waals surface area (Å²) in [5.41, 5.74) is 1.31. The Morgan fingerprint density at radius 2 is 2.03 bits per heavy atom. The fourth-order valence-corrected chi connectivity index (χ4v) is 6.40. The van der Waals surface area contributed by atoms with E-state index in [0.29, 0.717) is 46.9 Å². The van der Waals surface area contributed by atoms with E-state index in [0.717, 1.165) is 24.8 Å². The minimum Gasteiger partial charge on any atom is -0.454 e. The van der Waals surface area contributed by atoms with Gasteiger partial charge in [0.15, 0.2) is 11.9 Å². The van der Waals surface area contributed by atoms with E-state index >= 15 is 0 Å². The molecule has 0 bridgehead atoms. The van der Waals surface area contributed by atoms with Crippen molar-refractivity contribution in [2.75, 3.05) is 13.1 Å². The Labute approximate surface area is 206 Å². The summed E-state index contributed by atoms with van der Waals surface area (Å²) in [5, 5.41) is 0.668. The molecule has 5 rings (SSSR count). The average molecular weight is 498 g/mol. The maximum Gasteiger partial charge on any atom is 0.311 e. The van der Waals surface area contributed by atoms with Crippen LogP contribution in [-0.4, -0.2) is 39.8 Å². The number of esters is 1. The summed E-state index contributed by atoms with van der Waals surface area (Å²) in [6.45, 7) is 4.68. The highest BCUT2D eigenvalue weighted by Gasteiger charge is 2.32. The number of aryl methyl sites for hydroxylation is 1. The summed E-state index contributed by atoms with van der Waals surface area (Å²) in [6, 6.07) is 5.39. The Bertz CT molecular complexity index is 1330. The smallest absolute Gasteiger partial charge is 0.311 e. The highest BCUT2D eigenvalue weighted by Crippen LogP contribution is 2.36. The van der Waals surface area contributed by atoms with Gasteiger partial charge in [-0.2, -0.15) is 0 Å². The molecule has 3 atom stereocenters. The van der Waals surface area contributed by atoms with Gasteiger partial charge in [0.25, 0.3) is 11.5 Å². The molecule has 1 amide bonds. The van der Waals surface area contributed by atoms with Crippen LogP contribution in [0, 0.1) is 17.7 Å². The van der Waals surface area contributed by atoms with Gasteiger partial charge in [0.1, 0.15) is 10.6 Å². The molecule has 184 valence electrons. The second-order valence-corrected chi connectivity index (χ2v) is 10.7. The maximum atomic E-state index is 13.2. The number of aromatic amines is 1. The number of hydrogen-bond donors (Lipinski definition) is 1. The van der Waals surface area contributed by atoms with Gasteiger partial charge in [0.2, 0.25) is 0 Å². The van der Waals surface area contributed by atoms with Crippen molar-refractivity contribution in [2.45, 2.75) is 52.1 Å². The number of H-pyrrole nitrogens is 1. The number of amides is 1. The van der Waals surface area contributed by atoms with E-state index in [-0.39, 0.29) is 18.0 Å². The van der Waals surface area contributed by atoms with Crippen molar-refractivity contribution in [1.29, 1.82) is 0 Å². The molecule has 1 N–H and O–H groups in total. The fourth-order valence-electron chi connectivity index (χ4n) is 5.01. The predicted octanol–water partition coefficient (Wildman–Crippen LogP) is 4.41. The summed E-state index contributed by atoms with van der Waals surface area (Å²) in [6.07, 6.45) is 3.47. The summed E-state index contributed by atoms with van der Waals surface area (Å²) >= 11 is 1.56. The molecule has 3 unspecified atom stereocenters. The van der Waals surface area contributed by atoms with E-state index in [4.69, 9.17) is 4.74 Å². The third-order valence-electron chi connectivity index (χ3n) is 6.99. The number of aromatic nitrogens is 2. The number of likely N-dealkylation sites (tertiary alicyclic amines) is 1. The van der Waals surface area contributed by atoms with Crippen LogP contribution < -0.4 is 5.56 Å². The van der Waals surface area contributed by atoms with Gasteiger partial charge in [-0.25, -0.2) is 9.37 Å². The first-order chi connectivity index (χ1) is 16.8. The number of thiophene rings is 1. The van der Waals surface area contributed by atoms with Gasteiger partial charge in [-0.15, -0.1) is 11.3 Å². The highest BCUT2D eigenvalue weighted by molar-refractivity contribution is 7.18. The topological polar surface area (TPSA) is 92.4 Å². The first-order valence-corrected chi connectivity index (χ1v) is 12.9. The molecule has 3 aromatic rings.